The standard InChI is InChI=1S/C12H19O5P/c1-8(2)16-18(15,17-9(3)4)12-7-10(13)5-6-11(12)14/h5-9,13-14H,1-4H3. The quantitative estimate of drug-likeness (QED) is 0.637. The van der Waals surface area contributed by atoms with Gasteiger partial charge in [0.05, 0.1) is 12.2 Å². The van der Waals surface area contributed by atoms with Crippen LogP contribution in [0.5, 0.6) is 11.5 Å². The van der Waals surface area contributed by atoms with E-state index in [1.807, 2.05) is 0 Å². The molecule has 0 fully saturated rings. The van der Waals surface area contributed by atoms with Crippen molar-refractivity contribution in [1.82, 2.24) is 0 Å². The Labute approximate surface area is 107 Å². The Morgan fingerprint density at radius 2 is 1.56 bits per heavy atom. The SMILES string of the molecule is CC(C)OP(=O)(OC(C)C)c1cc(O)ccc1O. The van der Waals surface area contributed by atoms with Gasteiger partial charge in [-0.3, -0.25) is 4.57 Å². The number of benzene rings is 1. The Morgan fingerprint density at radius 3 is 2.00 bits per heavy atom. The van der Waals surface area contributed by atoms with Crippen LogP contribution in [-0.4, -0.2) is 22.4 Å². The lowest BCUT2D eigenvalue weighted by Gasteiger charge is -2.23. The highest BCUT2D eigenvalue weighted by Gasteiger charge is 2.33. The van der Waals surface area contributed by atoms with Crippen molar-refractivity contribution in [1.29, 1.82) is 0 Å². The molecule has 0 saturated carbocycles. The minimum atomic E-state index is -3.66. The summed E-state index contributed by atoms with van der Waals surface area (Å²) in [7, 11) is -3.66. The first-order chi connectivity index (χ1) is 8.24. The summed E-state index contributed by atoms with van der Waals surface area (Å²) < 4.78 is 23.4. The lowest BCUT2D eigenvalue weighted by molar-refractivity contribution is 0.149. The van der Waals surface area contributed by atoms with Crippen LogP contribution in [0.25, 0.3) is 0 Å². The minimum Gasteiger partial charge on any atom is -0.508 e. The van der Waals surface area contributed by atoms with Gasteiger partial charge in [0.25, 0.3) is 0 Å². The summed E-state index contributed by atoms with van der Waals surface area (Å²) in [5.74, 6) is -0.333. The van der Waals surface area contributed by atoms with Crippen molar-refractivity contribution in [3.63, 3.8) is 0 Å². The summed E-state index contributed by atoms with van der Waals surface area (Å²) in [6, 6.07) is 3.75. The lowest BCUT2D eigenvalue weighted by Crippen LogP contribution is -2.17. The lowest BCUT2D eigenvalue weighted by atomic mass is 10.3. The fourth-order valence-corrected chi connectivity index (χ4v) is 3.46. The molecule has 1 rings (SSSR count). The first-order valence-electron chi connectivity index (χ1n) is 5.74. The van der Waals surface area contributed by atoms with Gasteiger partial charge < -0.3 is 19.3 Å². The summed E-state index contributed by atoms with van der Waals surface area (Å²) in [4.78, 5) is 0. The van der Waals surface area contributed by atoms with Crippen LogP contribution in [0.2, 0.25) is 0 Å². The van der Waals surface area contributed by atoms with Gasteiger partial charge in [-0.05, 0) is 45.9 Å². The normalized spacial score (nSPS) is 12.3. The molecule has 0 bridgehead atoms. The molecule has 18 heavy (non-hydrogen) atoms. The zero-order chi connectivity index (χ0) is 13.9. The molecular formula is C12H19O5P. The van der Waals surface area contributed by atoms with Gasteiger partial charge in [0.1, 0.15) is 16.8 Å². The molecule has 0 spiro atoms. The van der Waals surface area contributed by atoms with Crippen molar-refractivity contribution in [2.45, 2.75) is 39.9 Å². The topological polar surface area (TPSA) is 76.0 Å². The fraction of sp³-hybridized carbons (Fsp3) is 0.500. The highest BCUT2D eigenvalue weighted by molar-refractivity contribution is 7.62. The molecule has 0 atom stereocenters. The Bertz CT molecular complexity index is 442. The van der Waals surface area contributed by atoms with Crippen LogP contribution in [-0.2, 0) is 13.6 Å². The average Bonchev–Trinajstić information content (AvgIpc) is 2.19. The van der Waals surface area contributed by atoms with Crippen LogP contribution in [0.3, 0.4) is 0 Å². The number of phenolic OH excluding ortho intramolecular Hbond substituents is 2. The molecule has 0 amide bonds. The Kier molecular flexibility index (Phi) is 4.79. The van der Waals surface area contributed by atoms with Crippen molar-refractivity contribution < 1.29 is 23.8 Å². The van der Waals surface area contributed by atoms with Gasteiger partial charge >= 0.3 is 7.60 Å². The molecule has 0 unspecified atom stereocenters. The Hall–Kier alpha value is -1.03. The zero-order valence-corrected chi connectivity index (χ0v) is 11.8. The fourth-order valence-electron chi connectivity index (χ4n) is 1.42. The molecule has 0 aliphatic heterocycles. The van der Waals surface area contributed by atoms with Crippen molar-refractivity contribution in [2.75, 3.05) is 0 Å². The van der Waals surface area contributed by atoms with Gasteiger partial charge in [-0.1, -0.05) is 0 Å². The van der Waals surface area contributed by atoms with Gasteiger partial charge in [-0.2, -0.15) is 0 Å². The molecule has 1 aromatic carbocycles. The van der Waals surface area contributed by atoms with E-state index in [2.05, 4.69) is 0 Å². The number of hydrogen-bond donors (Lipinski definition) is 2. The van der Waals surface area contributed by atoms with E-state index in [0.717, 1.165) is 0 Å². The maximum absolute atomic E-state index is 12.7. The largest absolute Gasteiger partial charge is 0.508 e. The first kappa shape index (κ1) is 15.0. The molecular weight excluding hydrogens is 255 g/mol. The summed E-state index contributed by atoms with van der Waals surface area (Å²) in [6.07, 6.45) is -0.673. The monoisotopic (exact) mass is 274 g/mol. The minimum absolute atomic E-state index is 0.0232. The summed E-state index contributed by atoms with van der Waals surface area (Å²) in [6.45, 7) is 6.87. The summed E-state index contributed by atoms with van der Waals surface area (Å²) >= 11 is 0. The Morgan fingerprint density at radius 1 is 1.06 bits per heavy atom. The predicted octanol–water partition coefficient (Wildman–Crippen LogP) is 2.77. The molecule has 1 aromatic rings. The third-order valence-electron chi connectivity index (χ3n) is 1.95. The Balaban J connectivity index is 3.24. The van der Waals surface area contributed by atoms with E-state index >= 15 is 0 Å². The maximum atomic E-state index is 12.7. The number of phenols is 2. The summed E-state index contributed by atoms with van der Waals surface area (Å²) in [5, 5.41) is 19.2. The first-order valence-corrected chi connectivity index (χ1v) is 7.28. The second-order valence-corrected chi connectivity index (χ2v) is 6.38. The van der Waals surface area contributed by atoms with E-state index in [0.29, 0.717) is 0 Å². The van der Waals surface area contributed by atoms with E-state index in [1.54, 1.807) is 27.7 Å². The highest BCUT2D eigenvalue weighted by Crippen LogP contribution is 2.51. The molecule has 0 saturated heterocycles. The van der Waals surface area contributed by atoms with Crippen LogP contribution in [0, 0.1) is 0 Å². The third kappa shape index (κ3) is 3.73. The molecule has 6 heteroatoms. The second kappa shape index (κ2) is 5.74. The molecule has 102 valence electrons. The molecule has 0 aliphatic carbocycles. The van der Waals surface area contributed by atoms with Crippen LogP contribution in [0.15, 0.2) is 18.2 Å². The molecule has 0 heterocycles. The molecule has 0 aliphatic rings. The second-order valence-electron chi connectivity index (χ2n) is 4.48. The van der Waals surface area contributed by atoms with Crippen LogP contribution in [0.1, 0.15) is 27.7 Å². The van der Waals surface area contributed by atoms with E-state index in [9.17, 15) is 14.8 Å². The van der Waals surface area contributed by atoms with Gasteiger partial charge in [-0.25, -0.2) is 0 Å². The van der Waals surface area contributed by atoms with E-state index in [-0.39, 0.29) is 29.0 Å². The molecule has 0 aromatic heterocycles. The van der Waals surface area contributed by atoms with Crippen molar-refractivity contribution >= 4 is 12.9 Å². The molecule has 2 N–H and O–H groups in total. The van der Waals surface area contributed by atoms with E-state index in [4.69, 9.17) is 9.05 Å². The number of aromatic hydroxyl groups is 2. The highest BCUT2D eigenvalue weighted by atomic mass is 31.2. The van der Waals surface area contributed by atoms with Crippen LogP contribution < -0.4 is 5.30 Å². The van der Waals surface area contributed by atoms with E-state index in [1.165, 1.54) is 18.2 Å². The smallest absolute Gasteiger partial charge is 0.365 e. The number of rotatable bonds is 5. The van der Waals surface area contributed by atoms with Crippen LogP contribution >= 0.6 is 7.60 Å². The number of hydrogen-bond acceptors (Lipinski definition) is 5. The summed E-state index contributed by atoms with van der Waals surface area (Å²) in [5.41, 5.74) is 0. The van der Waals surface area contributed by atoms with E-state index < -0.39 is 7.60 Å². The van der Waals surface area contributed by atoms with Gasteiger partial charge in [0.15, 0.2) is 0 Å². The van der Waals surface area contributed by atoms with Gasteiger partial charge in [-0.15, -0.1) is 0 Å². The molecule has 0 radical (unpaired) electrons. The van der Waals surface area contributed by atoms with Crippen molar-refractivity contribution in [3.8, 4) is 11.5 Å². The average molecular weight is 274 g/mol. The van der Waals surface area contributed by atoms with Gasteiger partial charge in [0.2, 0.25) is 0 Å². The van der Waals surface area contributed by atoms with Crippen molar-refractivity contribution in [3.05, 3.63) is 18.2 Å². The maximum Gasteiger partial charge on any atom is 0.365 e. The van der Waals surface area contributed by atoms with Crippen LogP contribution in [0.4, 0.5) is 0 Å². The van der Waals surface area contributed by atoms with Gasteiger partial charge in [0, 0.05) is 0 Å². The van der Waals surface area contributed by atoms with Crippen molar-refractivity contribution in [2.24, 2.45) is 0 Å². The predicted molar refractivity (Wildman–Crippen MR) is 69.5 cm³/mol. The third-order valence-corrected chi connectivity index (χ3v) is 4.30. The molecule has 5 nitrogen and oxygen atoms in total. The zero-order valence-electron chi connectivity index (χ0n) is 11.0.